The van der Waals surface area contributed by atoms with Crippen LogP contribution in [0.3, 0.4) is 0 Å². The number of aliphatic hydroxyl groups is 12. The fraction of sp³-hybridized carbons (Fsp3) is 0.956. The molecular formula is C45H74O19. The summed E-state index contributed by atoms with van der Waals surface area (Å²) >= 11 is 0. The van der Waals surface area contributed by atoms with Crippen molar-refractivity contribution in [3.05, 3.63) is 11.6 Å². The third kappa shape index (κ3) is 8.57. The van der Waals surface area contributed by atoms with Crippen molar-refractivity contribution in [3.8, 4) is 0 Å². The Morgan fingerprint density at radius 1 is 0.719 bits per heavy atom. The number of allylic oxidation sites excluding steroid dienone is 1. The molecular weight excluding hydrogens is 844 g/mol. The highest BCUT2D eigenvalue weighted by Crippen LogP contribution is 2.70. The molecule has 8 aliphatic rings. The summed E-state index contributed by atoms with van der Waals surface area (Å²) in [7, 11) is 0. The number of aliphatic hydroxyl groups excluding tert-OH is 11. The van der Waals surface area contributed by atoms with E-state index in [1.807, 2.05) is 6.92 Å². The van der Waals surface area contributed by atoms with Gasteiger partial charge in [0.1, 0.15) is 73.2 Å². The average molecular weight is 919 g/mol. The lowest BCUT2D eigenvalue weighted by molar-refractivity contribution is -0.364. The van der Waals surface area contributed by atoms with Gasteiger partial charge in [-0.15, -0.1) is 0 Å². The van der Waals surface area contributed by atoms with E-state index in [4.69, 9.17) is 33.2 Å². The molecule has 26 unspecified atom stereocenters. The Labute approximate surface area is 373 Å². The highest BCUT2D eigenvalue weighted by atomic mass is 16.7. The Kier molecular flexibility index (Phi) is 14.7. The van der Waals surface area contributed by atoms with Gasteiger partial charge in [0.25, 0.3) is 0 Å². The molecule has 0 radical (unpaired) electrons. The van der Waals surface area contributed by atoms with E-state index in [2.05, 4.69) is 26.8 Å². The lowest BCUT2D eigenvalue weighted by atomic mass is 9.47. The van der Waals surface area contributed by atoms with Crippen LogP contribution < -0.4 is 0 Å². The van der Waals surface area contributed by atoms with Crippen LogP contribution in [0.1, 0.15) is 85.5 Å². The molecule has 0 amide bonds. The Morgan fingerprint density at radius 3 is 1.95 bits per heavy atom. The van der Waals surface area contributed by atoms with Crippen molar-refractivity contribution >= 4 is 0 Å². The zero-order valence-corrected chi connectivity index (χ0v) is 37.3. The molecule has 4 aliphatic carbocycles. The lowest BCUT2D eigenvalue weighted by Gasteiger charge is -2.58. The van der Waals surface area contributed by atoms with Crippen LogP contribution in [0.5, 0.6) is 0 Å². The van der Waals surface area contributed by atoms with Crippen molar-refractivity contribution in [3.63, 3.8) is 0 Å². The molecule has 0 bridgehead atoms. The van der Waals surface area contributed by atoms with Crippen LogP contribution in [0.15, 0.2) is 11.6 Å². The summed E-state index contributed by atoms with van der Waals surface area (Å²) in [4.78, 5) is 0. The molecule has 0 spiro atoms. The second-order valence-corrected chi connectivity index (χ2v) is 21.0. The van der Waals surface area contributed by atoms with Crippen LogP contribution >= 0.6 is 0 Å². The van der Waals surface area contributed by atoms with Gasteiger partial charge >= 0.3 is 0 Å². The second kappa shape index (κ2) is 19.1. The smallest absolute Gasteiger partial charge is 0.187 e. The zero-order valence-electron chi connectivity index (χ0n) is 37.3. The van der Waals surface area contributed by atoms with E-state index >= 15 is 0 Å². The monoisotopic (exact) mass is 918 g/mol. The van der Waals surface area contributed by atoms with E-state index < -0.39 is 118 Å². The SMILES string of the molecule is CC(CCC1(O)OC2CC3C4CC=C5CC(OC6OC(CO)C(O)C(OC7OC(CO)C(O)C(O)C7O)C6O)CCC5(C)C4CCC3(C)C2C1C)COC1OC(CO)C(O)C(O)C1O. The minimum Gasteiger partial charge on any atom is -0.394 e. The minimum absolute atomic E-state index is 0.0218. The Bertz CT molecular complexity index is 1620. The molecule has 0 aromatic rings. The Morgan fingerprint density at radius 2 is 1.31 bits per heavy atom. The lowest BCUT2D eigenvalue weighted by Crippen LogP contribution is -2.65. The topological polar surface area (TPSA) is 307 Å². The summed E-state index contributed by atoms with van der Waals surface area (Å²) in [6, 6.07) is 0. The third-order valence-electron chi connectivity index (χ3n) is 17.4. The normalized spacial score (nSPS) is 54.3. The fourth-order valence-corrected chi connectivity index (χ4v) is 13.6. The second-order valence-electron chi connectivity index (χ2n) is 21.0. The van der Waals surface area contributed by atoms with Gasteiger partial charge in [-0.1, -0.05) is 39.3 Å². The molecule has 8 rings (SSSR count). The highest BCUT2D eigenvalue weighted by Gasteiger charge is 2.68. The van der Waals surface area contributed by atoms with E-state index in [-0.39, 0.29) is 47.4 Å². The molecule has 3 saturated carbocycles. The molecule has 0 aromatic heterocycles. The van der Waals surface area contributed by atoms with E-state index in [0.29, 0.717) is 43.4 Å². The van der Waals surface area contributed by atoms with Crippen LogP contribution in [0, 0.1) is 46.3 Å². The number of fused-ring (bicyclic) bond motifs is 7. The van der Waals surface area contributed by atoms with Gasteiger partial charge in [0.05, 0.1) is 38.6 Å². The summed E-state index contributed by atoms with van der Waals surface area (Å²) in [5, 5.41) is 125. The van der Waals surface area contributed by atoms with Gasteiger partial charge in [-0.05, 0) is 91.8 Å². The Hall–Kier alpha value is -1.02. The number of hydrogen-bond acceptors (Lipinski definition) is 19. The fourth-order valence-electron chi connectivity index (χ4n) is 13.6. The summed E-state index contributed by atoms with van der Waals surface area (Å²) in [5.74, 6) is 0.00197. The molecule has 64 heavy (non-hydrogen) atoms. The van der Waals surface area contributed by atoms with Crippen LogP contribution in [0.2, 0.25) is 0 Å². The van der Waals surface area contributed by atoms with Crippen molar-refractivity contribution in [1.29, 1.82) is 0 Å². The van der Waals surface area contributed by atoms with Gasteiger partial charge in [-0.2, -0.15) is 0 Å². The van der Waals surface area contributed by atoms with Crippen molar-refractivity contribution in [2.45, 2.75) is 196 Å². The highest BCUT2D eigenvalue weighted by molar-refractivity contribution is 5.26. The number of hydrogen-bond donors (Lipinski definition) is 12. The zero-order chi connectivity index (χ0) is 46.2. The van der Waals surface area contributed by atoms with Gasteiger partial charge in [-0.25, -0.2) is 0 Å². The van der Waals surface area contributed by atoms with Crippen molar-refractivity contribution < 1.29 is 94.4 Å². The predicted octanol–water partition coefficient (Wildman–Crippen LogP) is -1.86. The van der Waals surface area contributed by atoms with Gasteiger partial charge in [0.15, 0.2) is 24.7 Å². The molecule has 368 valence electrons. The maximum absolute atomic E-state index is 12.0. The third-order valence-corrected chi connectivity index (χ3v) is 17.4. The molecule has 4 aliphatic heterocycles. The summed E-state index contributed by atoms with van der Waals surface area (Å²) in [6.45, 7) is 7.14. The first-order chi connectivity index (χ1) is 30.3. The molecule has 19 heteroatoms. The van der Waals surface area contributed by atoms with Crippen LogP contribution in [0.4, 0.5) is 0 Å². The molecule has 4 heterocycles. The maximum Gasteiger partial charge on any atom is 0.187 e. The first-order valence-corrected chi connectivity index (χ1v) is 23.6. The van der Waals surface area contributed by atoms with Gasteiger partial charge in [-0.3, -0.25) is 0 Å². The van der Waals surface area contributed by atoms with Crippen LogP contribution in [-0.4, -0.2) is 198 Å². The number of rotatable bonds is 13. The standard InChI is InChI=1S/C45H74O19/c1-19(18-58-40-36(54)34(52)31(49)27(15-46)60-40)7-12-45(57)20(2)30-26(64-45)14-25-23-6-5-21-13-22(8-10-43(21,3)24(23)9-11-44(25,30)4)59-42-38(56)39(33(51)29(17-48)62-42)63-41-37(55)35(53)32(50)28(16-47)61-41/h5,19-20,22-42,46-57H,6-18H2,1-4H3. The van der Waals surface area contributed by atoms with Gasteiger partial charge in [0, 0.05) is 12.3 Å². The molecule has 19 nitrogen and oxygen atoms in total. The quantitative estimate of drug-likeness (QED) is 0.0902. The largest absolute Gasteiger partial charge is 0.394 e. The van der Waals surface area contributed by atoms with Crippen molar-refractivity contribution in [2.24, 2.45) is 46.3 Å². The maximum atomic E-state index is 12.0. The van der Waals surface area contributed by atoms with E-state index in [1.54, 1.807) is 0 Å². The summed E-state index contributed by atoms with van der Waals surface area (Å²) in [5.41, 5.74) is 1.20. The van der Waals surface area contributed by atoms with Crippen LogP contribution in [-0.2, 0) is 33.2 Å². The molecule has 4 saturated heterocycles. The van der Waals surface area contributed by atoms with E-state index in [0.717, 1.165) is 32.1 Å². The molecule has 12 N–H and O–H groups in total. The minimum atomic E-state index is -1.77. The molecule has 7 fully saturated rings. The van der Waals surface area contributed by atoms with Gasteiger partial charge < -0.3 is 94.4 Å². The Balaban J connectivity index is 0.869. The molecule has 0 aromatic carbocycles. The first kappa shape index (κ1) is 49.4. The van der Waals surface area contributed by atoms with E-state index in [1.165, 1.54) is 5.57 Å². The summed E-state index contributed by atoms with van der Waals surface area (Å²) < 4.78 is 41.5. The van der Waals surface area contributed by atoms with Crippen molar-refractivity contribution in [1.82, 2.24) is 0 Å². The first-order valence-electron chi connectivity index (χ1n) is 23.6. The van der Waals surface area contributed by atoms with Gasteiger partial charge in [0.2, 0.25) is 0 Å². The number of ether oxygens (including phenoxy) is 7. The van der Waals surface area contributed by atoms with E-state index in [9.17, 15) is 61.3 Å². The summed E-state index contributed by atoms with van der Waals surface area (Å²) in [6.07, 6.45) is -13.1. The van der Waals surface area contributed by atoms with Crippen LogP contribution in [0.25, 0.3) is 0 Å². The van der Waals surface area contributed by atoms with Crippen molar-refractivity contribution in [2.75, 3.05) is 26.4 Å². The average Bonchev–Trinajstić information content (AvgIpc) is 3.71. The molecule has 26 atom stereocenters. The predicted molar refractivity (Wildman–Crippen MR) is 219 cm³/mol.